The standard InChI is InChI=1S/C41H53N5O10/c1-41(2,3)56-40(52)46-32(22-14-15-24-42-38(50)54-27-30-18-10-6-11-19-30)35(47)45-34(26-29-16-8-5-9-17-29)36(48)44-33(37(49)53-4)23-25-43-39(51)55-28-31-20-12-7-13-21-31/h5-13,16-21,32-34H,14-15,22-28H2,1-4H3,(H,42,50)(H,43,51)(H,44,48)(H,45,47)(H,46,52)/t32-,33+,34+/m1/s1. The molecule has 0 spiro atoms. The van der Waals surface area contributed by atoms with Crippen LogP contribution in [0.4, 0.5) is 14.4 Å². The number of unbranched alkanes of at least 4 members (excludes halogenated alkanes) is 1. The Morgan fingerprint density at radius 2 is 1.04 bits per heavy atom. The van der Waals surface area contributed by atoms with Gasteiger partial charge in [0.15, 0.2) is 0 Å². The molecule has 0 heterocycles. The summed E-state index contributed by atoms with van der Waals surface area (Å²) in [6.07, 6.45) is -1.14. The van der Waals surface area contributed by atoms with Crippen LogP contribution >= 0.6 is 0 Å². The van der Waals surface area contributed by atoms with Crippen molar-refractivity contribution in [1.82, 2.24) is 26.6 Å². The molecule has 5 amide bonds. The van der Waals surface area contributed by atoms with Crippen LogP contribution in [0.25, 0.3) is 0 Å². The van der Waals surface area contributed by atoms with Crippen molar-refractivity contribution >= 4 is 36.1 Å². The lowest BCUT2D eigenvalue weighted by molar-refractivity contribution is -0.145. The second-order valence-electron chi connectivity index (χ2n) is 13.8. The Morgan fingerprint density at radius 3 is 1.55 bits per heavy atom. The number of nitrogens with one attached hydrogen (secondary N) is 5. The number of hydrogen-bond acceptors (Lipinski definition) is 10. The number of carbonyl (C=O) groups excluding carboxylic acids is 6. The van der Waals surface area contributed by atoms with Gasteiger partial charge >= 0.3 is 24.2 Å². The Morgan fingerprint density at radius 1 is 0.554 bits per heavy atom. The van der Waals surface area contributed by atoms with E-state index in [9.17, 15) is 28.8 Å². The van der Waals surface area contributed by atoms with Gasteiger partial charge in [-0.15, -0.1) is 0 Å². The molecule has 0 radical (unpaired) electrons. The van der Waals surface area contributed by atoms with E-state index in [4.69, 9.17) is 18.9 Å². The first-order valence-corrected chi connectivity index (χ1v) is 18.4. The first kappa shape index (κ1) is 44.3. The van der Waals surface area contributed by atoms with Crippen molar-refractivity contribution in [3.63, 3.8) is 0 Å². The highest BCUT2D eigenvalue weighted by Crippen LogP contribution is 2.11. The number of benzene rings is 3. The number of alkyl carbamates (subject to hydrolysis) is 3. The Bertz CT molecular complexity index is 1690. The van der Waals surface area contributed by atoms with Gasteiger partial charge in [-0.2, -0.15) is 0 Å². The lowest BCUT2D eigenvalue weighted by Crippen LogP contribution is -2.57. The number of rotatable bonds is 20. The van der Waals surface area contributed by atoms with Gasteiger partial charge < -0.3 is 45.5 Å². The number of hydrogen-bond donors (Lipinski definition) is 5. The molecular weight excluding hydrogens is 722 g/mol. The molecule has 0 aliphatic heterocycles. The minimum absolute atomic E-state index is 0.0368. The van der Waals surface area contributed by atoms with Gasteiger partial charge in [-0.05, 0) is 63.1 Å². The molecule has 56 heavy (non-hydrogen) atoms. The summed E-state index contributed by atoms with van der Waals surface area (Å²) in [7, 11) is 1.17. The zero-order valence-electron chi connectivity index (χ0n) is 32.3. The molecule has 3 aromatic carbocycles. The number of carbonyl (C=O) groups is 6. The number of amides is 5. The van der Waals surface area contributed by atoms with Crippen LogP contribution in [-0.4, -0.2) is 80.0 Å². The van der Waals surface area contributed by atoms with E-state index >= 15 is 0 Å². The third kappa shape index (κ3) is 17.8. The maximum absolute atomic E-state index is 13.8. The van der Waals surface area contributed by atoms with Crippen LogP contribution in [0.1, 0.15) is 63.1 Å². The summed E-state index contributed by atoms with van der Waals surface area (Å²) in [5.41, 5.74) is 1.51. The molecule has 0 aliphatic carbocycles. The van der Waals surface area contributed by atoms with Gasteiger partial charge in [0, 0.05) is 19.5 Å². The van der Waals surface area contributed by atoms with Gasteiger partial charge in [-0.25, -0.2) is 19.2 Å². The number of ether oxygens (including phenoxy) is 4. The summed E-state index contributed by atoms with van der Waals surface area (Å²) in [5.74, 6) is -2.12. The second-order valence-corrected chi connectivity index (χ2v) is 13.8. The van der Waals surface area contributed by atoms with E-state index in [2.05, 4.69) is 26.6 Å². The summed E-state index contributed by atoms with van der Waals surface area (Å²) >= 11 is 0. The number of esters is 1. The van der Waals surface area contributed by atoms with E-state index in [1.165, 1.54) is 7.11 Å². The van der Waals surface area contributed by atoms with Crippen LogP contribution < -0.4 is 26.6 Å². The molecule has 3 atom stereocenters. The third-order valence-corrected chi connectivity index (χ3v) is 8.04. The van der Waals surface area contributed by atoms with Crippen molar-refractivity contribution in [3.8, 4) is 0 Å². The maximum Gasteiger partial charge on any atom is 0.408 e. The monoisotopic (exact) mass is 775 g/mol. The fraction of sp³-hybridized carbons (Fsp3) is 0.415. The van der Waals surface area contributed by atoms with Crippen molar-refractivity contribution in [3.05, 3.63) is 108 Å². The fourth-order valence-electron chi connectivity index (χ4n) is 5.24. The van der Waals surface area contributed by atoms with E-state index in [1.807, 2.05) is 60.7 Å². The molecule has 0 saturated carbocycles. The van der Waals surface area contributed by atoms with E-state index in [0.29, 0.717) is 18.4 Å². The molecule has 0 fully saturated rings. The predicted molar refractivity (Wildman–Crippen MR) is 207 cm³/mol. The van der Waals surface area contributed by atoms with Gasteiger partial charge in [0.2, 0.25) is 11.8 Å². The van der Waals surface area contributed by atoms with E-state index in [0.717, 1.165) is 11.1 Å². The minimum atomic E-state index is -1.19. The summed E-state index contributed by atoms with van der Waals surface area (Å²) in [5, 5.41) is 13.2. The Balaban J connectivity index is 1.64. The minimum Gasteiger partial charge on any atom is -0.467 e. The van der Waals surface area contributed by atoms with E-state index in [1.54, 1.807) is 51.1 Å². The van der Waals surface area contributed by atoms with Crippen LogP contribution in [0.15, 0.2) is 91.0 Å². The number of methoxy groups -OCH3 is 1. The Hall–Kier alpha value is -6.12. The molecule has 15 nitrogen and oxygen atoms in total. The lowest BCUT2D eigenvalue weighted by atomic mass is 10.0. The van der Waals surface area contributed by atoms with Gasteiger partial charge in [0.25, 0.3) is 0 Å². The molecule has 302 valence electrons. The average Bonchev–Trinajstić information content (AvgIpc) is 3.18. The highest BCUT2D eigenvalue weighted by molar-refractivity contribution is 5.93. The van der Waals surface area contributed by atoms with Crippen LogP contribution in [0.3, 0.4) is 0 Å². The van der Waals surface area contributed by atoms with Crippen LogP contribution in [0.2, 0.25) is 0 Å². The highest BCUT2D eigenvalue weighted by Gasteiger charge is 2.31. The maximum atomic E-state index is 13.8. The van der Waals surface area contributed by atoms with Crippen molar-refractivity contribution < 1.29 is 47.7 Å². The highest BCUT2D eigenvalue weighted by atomic mass is 16.6. The SMILES string of the molecule is COC(=O)[C@H](CCNC(=O)OCc1ccccc1)NC(=O)[C@H](Cc1ccccc1)NC(=O)[C@@H](CCCCNC(=O)OCc1ccccc1)NC(=O)OC(C)(C)C. The van der Waals surface area contributed by atoms with Crippen LogP contribution in [0, 0.1) is 0 Å². The summed E-state index contributed by atoms with van der Waals surface area (Å²) in [6.45, 7) is 5.44. The second kappa shape index (κ2) is 23.6. The Kier molecular flexibility index (Phi) is 18.7. The largest absolute Gasteiger partial charge is 0.467 e. The van der Waals surface area contributed by atoms with Crippen molar-refractivity contribution in [1.29, 1.82) is 0 Å². The molecule has 15 heteroatoms. The molecule has 0 aliphatic rings. The van der Waals surface area contributed by atoms with Crippen LogP contribution in [-0.2, 0) is 53.0 Å². The molecule has 0 saturated heterocycles. The zero-order valence-corrected chi connectivity index (χ0v) is 32.3. The van der Waals surface area contributed by atoms with E-state index < -0.39 is 59.8 Å². The van der Waals surface area contributed by atoms with Gasteiger partial charge in [-0.3, -0.25) is 9.59 Å². The first-order valence-electron chi connectivity index (χ1n) is 18.4. The van der Waals surface area contributed by atoms with Gasteiger partial charge in [-0.1, -0.05) is 91.0 Å². The molecule has 0 unspecified atom stereocenters. The summed E-state index contributed by atoms with van der Waals surface area (Å²) in [6, 6.07) is 23.8. The first-order chi connectivity index (χ1) is 26.8. The van der Waals surface area contributed by atoms with Gasteiger partial charge in [0.1, 0.15) is 36.9 Å². The molecule has 3 rings (SSSR count). The Labute approximate surface area is 327 Å². The van der Waals surface area contributed by atoms with Gasteiger partial charge in [0.05, 0.1) is 7.11 Å². The van der Waals surface area contributed by atoms with Crippen LogP contribution in [0.5, 0.6) is 0 Å². The molecule has 0 bridgehead atoms. The summed E-state index contributed by atoms with van der Waals surface area (Å²) in [4.78, 5) is 77.6. The van der Waals surface area contributed by atoms with Crippen molar-refractivity contribution in [2.24, 2.45) is 0 Å². The predicted octanol–water partition coefficient (Wildman–Crippen LogP) is 4.68. The van der Waals surface area contributed by atoms with E-state index in [-0.39, 0.29) is 45.6 Å². The topological polar surface area (TPSA) is 199 Å². The molecule has 5 N–H and O–H groups in total. The fourth-order valence-corrected chi connectivity index (χ4v) is 5.24. The summed E-state index contributed by atoms with van der Waals surface area (Å²) < 4.78 is 20.8. The zero-order chi connectivity index (χ0) is 40.8. The smallest absolute Gasteiger partial charge is 0.408 e. The van der Waals surface area contributed by atoms with Crippen molar-refractivity contribution in [2.45, 2.75) is 89.8 Å². The molecule has 0 aromatic heterocycles. The molecule has 3 aromatic rings. The average molecular weight is 776 g/mol. The quantitative estimate of drug-likeness (QED) is 0.0610. The van der Waals surface area contributed by atoms with Crippen molar-refractivity contribution in [2.75, 3.05) is 20.2 Å². The third-order valence-electron chi connectivity index (χ3n) is 8.04. The lowest BCUT2D eigenvalue weighted by Gasteiger charge is -2.26. The normalized spacial score (nSPS) is 12.4. The molecular formula is C41H53N5O10.